The average Bonchev–Trinajstić information content (AvgIpc) is 2.83. The summed E-state index contributed by atoms with van der Waals surface area (Å²) in [5.41, 5.74) is 2.02. The number of amides is 2. The molecule has 2 bridgehead atoms. The van der Waals surface area contributed by atoms with Crippen molar-refractivity contribution in [3.05, 3.63) is 72.1 Å². The molecule has 0 radical (unpaired) electrons. The maximum atomic E-state index is 12.7. The Kier molecular flexibility index (Phi) is 7.51. The quantitative estimate of drug-likeness (QED) is 0.722. The molecule has 1 aromatic carbocycles. The van der Waals surface area contributed by atoms with Crippen molar-refractivity contribution >= 4 is 11.8 Å². The molecule has 2 aliphatic heterocycles. The van der Waals surface area contributed by atoms with E-state index in [1.165, 1.54) is 0 Å². The molecule has 2 amide bonds. The van der Waals surface area contributed by atoms with Gasteiger partial charge in [-0.3, -0.25) is 14.6 Å². The topological polar surface area (TPSA) is 83.6 Å². The second kappa shape index (κ2) is 10.9. The molecule has 7 heteroatoms. The number of ether oxygens (including phenoxy) is 1. The zero-order chi connectivity index (χ0) is 22.2. The number of hydrogen-bond donors (Lipinski definition) is 2. The summed E-state index contributed by atoms with van der Waals surface area (Å²) in [6.07, 6.45) is 8.86. The number of para-hydroxylation sites is 1. The normalized spacial score (nSPS) is 22.4. The molecule has 1 fully saturated rings. The molecular weight excluding hydrogens is 404 g/mol. The third-order valence-corrected chi connectivity index (χ3v) is 6.10. The number of pyridine rings is 1. The summed E-state index contributed by atoms with van der Waals surface area (Å²) in [6.45, 7) is 3.12. The molecule has 3 heterocycles. The molecule has 1 aromatic heterocycles. The molecule has 32 heavy (non-hydrogen) atoms. The highest BCUT2D eigenvalue weighted by Crippen LogP contribution is 2.28. The molecule has 0 aliphatic carbocycles. The van der Waals surface area contributed by atoms with Crippen LogP contribution in [0.15, 0.2) is 60.9 Å². The van der Waals surface area contributed by atoms with Crippen LogP contribution in [0, 0.1) is 11.8 Å². The van der Waals surface area contributed by atoms with E-state index in [1.807, 2.05) is 47.4 Å². The first-order chi connectivity index (χ1) is 15.7. The van der Waals surface area contributed by atoms with Crippen LogP contribution in [0.3, 0.4) is 0 Å². The lowest BCUT2D eigenvalue weighted by Gasteiger charge is -2.37. The number of rotatable bonds is 4. The Hall–Kier alpha value is -3.19. The van der Waals surface area contributed by atoms with Gasteiger partial charge in [0.15, 0.2) is 0 Å². The minimum absolute atomic E-state index is 0.0294. The Morgan fingerprint density at radius 3 is 3.00 bits per heavy atom. The Balaban J connectivity index is 1.40. The Labute approximate surface area is 188 Å². The van der Waals surface area contributed by atoms with Crippen LogP contribution >= 0.6 is 0 Å². The fourth-order valence-electron chi connectivity index (χ4n) is 4.32. The summed E-state index contributed by atoms with van der Waals surface area (Å²) in [6, 6.07) is 11.7. The van der Waals surface area contributed by atoms with E-state index >= 15 is 0 Å². The SMILES string of the molecule is O=C(C[C@@H]1CCN2C[C@@H]1/C=C/COc1ccccc1CNCC2=O)NCc1cccnc1. The molecule has 0 unspecified atom stereocenters. The van der Waals surface area contributed by atoms with E-state index in [0.717, 1.165) is 23.3 Å². The number of hydrogen-bond acceptors (Lipinski definition) is 5. The molecule has 0 saturated carbocycles. The van der Waals surface area contributed by atoms with Gasteiger partial charge >= 0.3 is 0 Å². The standard InChI is InChI=1S/C25H30N4O3/c30-24(28-15-19-5-3-10-26-14-19)13-20-9-11-29-18-22(20)7-4-12-32-23-8-2-1-6-21(23)16-27-17-25(29)31/h1-8,10,14,20,22,27H,9,11-13,15-18H2,(H,28,30)/b7-4+/t20-,22-/m0/s1. The number of aromatic nitrogens is 1. The lowest BCUT2D eigenvalue weighted by Crippen LogP contribution is -2.47. The number of nitrogens with one attached hydrogen (secondary N) is 2. The van der Waals surface area contributed by atoms with Crippen molar-refractivity contribution in [2.45, 2.75) is 25.9 Å². The van der Waals surface area contributed by atoms with E-state index in [2.05, 4.69) is 21.7 Å². The van der Waals surface area contributed by atoms with Crippen LogP contribution in [-0.2, 0) is 22.7 Å². The van der Waals surface area contributed by atoms with Gasteiger partial charge < -0.3 is 20.3 Å². The van der Waals surface area contributed by atoms with E-state index in [0.29, 0.717) is 45.8 Å². The third-order valence-electron chi connectivity index (χ3n) is 6.10. The van der Waals surface area contributed by atoms with E-state index in [-0.39, 0.29) is 23.7 Å². The summed E-state index contributed by atoms with van der Waals surface area (Å²) in [5, 5.41) is 6.25. The number of piperidine rings is 1. The number of carbonyl (C=O) groups is 2. The van der Waals surface area contributed by atoms with E-state index in [1.54, 1.807) is 12.4 Å². The first kappa shape index (κ1) is 22.0. The van der Waals surface area contributed by atoms with Gasteiger partial charge in [-0.1, -0.05) is 36.4 Å². The summed E-state index contributed by atoms with van der Waals surface area (Å²) in [4.78, 5) is 31.3. The Morgan fingerprint density at radius 2 is 2.12 bits per heavy atom. The molecule has 1 saturated heterocycles. The molecule has 168 valence electrons. The molecule has 7 nitrogen and oxygen atoms in total. The first-order valence-electron chi connectivity index (χ1n) is 11.2. The zero-order valence-electron chi connectivity index (χ0n) is 18.2. The van der Waals surface area contributed by atoms with Crippen LogP contribution < -0.4 is 15.4 Å². The minimum Gasteiger partial charge on any atom is -0.489 e. The molecule has 4 rings (SSSR count). The highest BCUT2D eigenvalue weighted by atomic mass is 16.5. The van der Waals surface area contributed by atoms with Gasteiger partial charge in [-0.15, -0.1) is 0 Å². The van der Waals surface area contributed by atoms with Gasteiger partial charge in [0.1, 0.15) is 12.4 Å². The van der Waals surface area contributed by atoms with Gasteiger partial charge in [0, 0.05) is 50.6 Å². The fourth-order valence-corrected chi connectivity index (χ4v) is 4.32. The largest absolute Gasteiger partial charge is 0.489 e. The second-order valence-corrected chi connectivity index (χ2v) is 8.34. The van der Waals surface area contributed by atoms with Gasteiger partial charge in [-0.2, -0.15) is 0 Å². The fraction of sp³-hybridized carbons (Fsp3) is 0.400. The van der Waals surface area contributed by atoms with Crippen molar-refractivity contribution in [2.75, 3.05) is 26.2 Å². The van der Waals surface area contributed by atoms with Crippen LogP contribution in [0.25, 0.3) is 0 Å². The summed E-state index contributed by atoms with van der Waals surface area (Å²) >= 11 is 0. The number of fused-ring (bicyclic) bond motifs is 3. The summed E-state index contributed by atoms with van der Waals surface area (Å²) < 4.78 is 5.96. The first-order valence-corrected chi connectivity index (χ1v) is 11.2. The Morgan fingerprint density at radius 1 is 1.22 bits per heavy atom. The van der Waals surface area contributed by atoms with Gasteiger partial charge in [-0.05, 0) is 36.0 Å². The van der Waals surface area contributed by atoms with Gasteiger partial charge in [-0.25, -0.2) is 0 Å². The van der Waals surface area contributed by atoms with Crippen molar-refractivity contribution in [1.29, 1.82) is 0 Å². The highest BCUT2D eigenvalue weighted by molar-refractivity contribution is 5.79. The molecule has 2 aliphatic rings. The lowest BCUT2D eigenvalue weighted by molar-refractivity contribution is -0.132. The van der Waals surface area contributed by atoms with Crippen LogP contribution in [0.4, 0.5) is 0 Å². The molecule has 2 N–H and O–H groups in total. The second-order valence-electron chi connectivity index (χ2n) is 8.34. The highest BCUT2D eigenvalue weighted by Gasteiger charge is 2.31. The maximum Gasteiger partial charge on any atom is 0.236 e. The number of carbonyl (C=O) groups excluding carboxylic acids is 2. The third kappa shape index (κ3) is 5.95. The number of benzene rings is 1. The van der Waals surface area contributed by atoms with Crippen molar-refractivity contribution in [3.63, 3.8) is 0 Å². The van der Waals surface area contributed by atoms with Gasteiger partial charge in [0.05, 0.1) is 6.54 Å². The maximum absolute atomic E-state index is 12.7. The smallest absolute Gasteiger partial charge is 0.236 e. The molecule has 2 aromatic rings. The molecule has 2 atom stereocenters. The van der Waals surface area contributed by atoms with E-state index < -0.39 is 0 Å². The van der Waals surface area contributed by atoms with Crippen LogP contribution in [-0.4, -0.2) is 47.9 Å². The number of nitrogens with zero attached hydrogens (tertiary/aromatic N) is 2. The van der Waals surface area contributed by atoms with E-state index in [9.17, 15) is 9.59 Å². The minimum atomic E-state index is 0.0294. The van der Waals surface area contributed by atoms with Crippen LogP contribution in [0.5, 0.6) is 5.75 Å². The monoisotopic (exact) mass is 434 g/mol. The van der Waals surface area contributed by atoms with Gasteiger partial charge in [0.2, 0.25) is 11.8 Å². The zero-order valence-corrected chi connectivity index (χ0v) is 18.2. The lowest BCUT2D eigenvalue weighted by atomic mass is 9.82. The van der Waals surface area contributed by atoms with Crippen molar-refractivity contribution in [1.82, 2.24) is 20.5 Å². The van der Waals surface area contributed by atoms with Crippen LogP contribution in [0.2, 0.25) is 0 Å². The Bertz CT molecular complexity index is 947. The van der Waals surface area contributed by atoms with Crippen molar-refractivity contribution in [3.8, 4) is 5.75 Å². The van der Waals surface area contributed by atoms with Crippen molar-refractivity contribution in [2.24, 2.45) is 11.8 Å². The molecule has 0 spiro atoms. The molecular formula is C25H30N4O3. The summed E-state index contributed by atoms with van der Waals surface area (Å²) in [5.74, 6) is 1.26. The predicted octanol–water partition coefficient (Wildman–Crippen LogP) is 2.29. The van der Waals surface area contributed by atoms with E-state index in [4.69, 9.17) is 4.74 Å². The van der Waals surface area contributed by atoms with Crippen molar-refractivity contribution < 1.29 is 14.3 Å². The average molecular weight is 435 g/mol. The van der Waals surface area contributed by atoms with Gasteiger partial charge in [0.25, 0.3) is 0 Å². The summed E-state index contributed by atoms with van der Waals surface area (Å²) in [7, 11) is 0. The van der Waals surface area contributed by atoms with Crippen LogP contribution in [0.1, 0.15) is 24.0 Å². The predicted molar refractivity (Wildman–Crippen MR) is 122 cm³/mol.